The first-order chi connectivity index (χ1) is 10.5. The van der Waals surface area contributed by atoms with E-state index in [1.165, 1.54) is 0 Å². The Hall–Kier alpha value is -2.20. The molecule has 0 aliphatic carbocycles. The minimum atomic E-state index is -0.352. The number of halogens is 1. The highest BCUT2D eigenvalue weighted by Crippen LogP contribution is 2.17. The van der Waals surface area contributed by atoms with Gasteiger partial charge in [-0.1, -0.05) is 11.6 Å². The van der Waals surface area contributed by atoms with Crippen molar-refractivity contribution in [3.05, 3.63) is 53.6 Å². The fraction of sp³-hybridized carbons (Fsp3) is 0.235. The molecule has 1 atom stereocenters. The second-order valence-corrected chi connectivity index (χ2v) is 5.74. The molecule has 2 aromatic carbocycles. The average Bonchev–Trinajstić information content (AvgIpc) is 2.50. The summed E-state index contributed by atoms with van der Waals surface area (Å²) in [4.78, 5) is 14.2. The summed E-state index contributed by atoms with van der Waals surface area (Å²) in [6.07, 6.45) is 0. The van der Waals surface area contributed by atoms with Gasteiger partial charge < -0.3 is 15.5 Å². The molecular formula is C17H20ClN3O. The monoisotopic (exact) mass is 317 g/mol. The number of hydrogen-bond donors (Lipinski definition) is 2. The van der Waals surface area contributed by atoms with Gasteiger partial charge in [0, 0.05) is 36.2 Å². The highest BCUT2D eigenvalue weighted by molar-refractivity contribution is 6.30. The Kier molecular flexibility index (Phi) is 5.28. The second kappa shape index (κ2) is 7.18. The standard InChI is InChI=1S/C17H20ClN3O/c1-12(19-14-6-4-13(18)5-7-14)17(22)20-15-8-10-16(11-9-15)21(2)3/h4-12,19H,1-3H3,(H,20,22). The normalized spacial score (nSPS) is 11.6. The molecule has 0 aliphatic heterocycles. The summed E-state index contributed by atoms with van der Waals surface area (Å²) in [5, 5.41) is 6.70. The molecule has 2 aromatic rings. The van der Waals surface area contributed by atoms with Crippen molar-refractivity contribution < 1.29 is 4.79 Å². The van der Waals surface area contributed by atoms with Crippen molar-refractivity contribution in [2.75, 3.05) is 29.6 Å². The summed E-state index contributed by atoms with van der Waals surface area (Å²) in [6, 6.07) is 14.6. The van der Waals surface area contributed by atoms with Gasteiger partial charge in [0.2, 0.25) is 5.91 Å². The number of carbonyl (C=O) groups is 1. The van der Waals surface area contributed by atoms with Crippen LogP contribution in [0, 0.1) is 0 Å². The van der Waals surface area contributed by atoms with Crippen LogP contribution < -0.4 is 15.5 Å². The molecule has 0 fully saturated rings. The van der Waals surface area contributed by atoms with Crippen LogP contribution in [-0.2, 0) is 4.79 Å². The van der Waals surface area contributed by atoms with E-state index in [1.807, 2.05) is 62.3 Å². The topological polar surface area (TPSA) is 44.4 Å². The molecule has 0 radical (unpaired) electrons. The van der Waals surface area contributed by atoms with E-state index < -0.39 is 0 Å². The number of anilines is 3. The van der Waals surface area contributed by atoms with Gasteiger partial charge in [0.05, 0.1) is 0 Å². The smallest absolute Gasteiger partial charge is 0.246 e. The zero-order valence-electron chi connectivity index (χ0n) is 12.9. The molecule has 1 amide bonds. The largest absolute Gasteiger partial charge is 0.378 e. The van der Waals surface area contributed by atoms with Crippen molar-refractivity contribution in [1.82, 2.24) is 0 Å². The van der Waals surface area contributed by atoms with Gasteiger partial charge in [0.25, 0.3) is 0 Å². The van der Waals surface area contributed by atoms with Gasteiger partial charge in [0.1, 0.15) is 6.04 Å². The highest BCUT2D eigenvalue weighted by Gasteiger charge is 2.12. The Balaban J connectivity index is 1.94. The molecule has 2 rings (SSSR count). The van der Waals surface area contributed by atoms with Gasteiger partial charge in [-0.05, 0) is 55.5 Å². The van der Waals surface area contributed by atoms with Crippen LogP contribution in [0.3, 0.4) is 0 Å². The maximum atomic E-state index is 12.2. The Morgan fingerprint density at radius 2 is 1.55 bits per heavy atom. The molecule has 0 saturated carbocycles. The summed E-state index contributed by atoms with van der Waals surface area (Å²) in [5.74, 6) is -0.0902. The van der Waals surface area contributed by atoms with Crippen LogP contribution in [0.25, 0.3) is 0 Å². The maximum Gasteiger partial charge on any atom is 0.246 e. The van der Waals surface area contributed by atoms with Crippen LogP contribution in [0.15, 0.2) is 48.5 Å². The highest BCUT2D eigenvalue weighted by atomic mass is 35.5. The molecule has 4 nitrogen and oxygen atoms in total. The van der Waals surface area contributed by atoms with Crippen molar-refractivity contribution >= 4 is 34.6 Å². The molecule has 0 saturated heterocycles. The van der Waals surface area contributed by atoms with Crippen molar-refractivity contribution in [2.45, 2.75) is 13.0 Å². The number of benzene rings is 2. The summed E-state index contributed by atoms with van der Waals surface area (Å²) in [6.45, 7) is 1.82. The van der Waals surface area contributed by atoms with E-state index in [1.54, 1.807) is 12.1 Å². The summed E-state index contributed by atoms with van der Waals surface area (Å²) >= 11 is 5.84. The molecule has 0 aliphatic rings. The fourth-order valence-electron chi connectivity index (χ4n) is 1.96. The van der Waals surface area contributed by atoms with Crippen LogP contribution in [0.1, 0.15) is 6.92 Å². The predicted molar refractivity (Wildman–Crippen MR) is 93.9 cm³/mol. The van der Waals surface area contributed by atoms with E-state index in [-0.39, 0.29) is 11.9 Å². The van der Waals surface area contributed by atoms with E-state index in [0.717, 1.165) is 17.1 Å². The molecule has 0 heterocycles. The lowest BCUT2D eigenvalue weighted by Gasteiger charge is -2.16. The lowest BCUT2D eigenvalue weighted by molar-refractivity contribution is -0.116. The lowest BCUT2D eigenvalue weighted by atomic mass is 10.2. The molecule has 2 N–H and O–H groups in total. The Morgan fingerprint density at radius 1 is 1.00 bits per heavy atom. The Morgan fingerprint density at radius 3 is 2.09 bits per heavy atom. The zero-order chi connectivity index (χ0) is 16.1. The molecule has 116 valence electrons. The van der Waals surface area contributed by atoms with Crippen LogP contribution in [-0.4, -0.2) is 26.0 Å². The number of nitrogens with one attached hydrogen (secondary N) is 2. The zero-order valence-corrected chi connectivity index (χ0v) is 13.7. The van der Waals surface area contributed by atoms with Gasteiger partial charge in [-0.3, -0.25) is 4.79 Å². The van der Waals surface area contributed by atoms with E-state index in [9.17, 15) is 4.79 Å². The molecule has 0 aromatic heterocycles. The minimum absolute atomic E-state index is 0.0902. The SMILES string of the molecule is CC(Nc1ccc(Cl)cc1)C(=O)Nc1ccc(N(C)C)cc1. The lowest BCUT2D eigenvalue weighted by Crippen LogP contribution is -2.31. The second-order valence-electron chi connectivity index (χ2n) is 5.30. The van der Waals surface area contributed by atoms with Crippen LogP contribution in [0.2, 0.25) is 5.02 Å². The van der Waals surface area contributed by atoms with Crippen molar-refractivity contribution in [3.63, 3.8) is 0 Å². The Labute approximate surface area is 136 Å². The average molecular weight is 318 g/mol. The first-order valence-electron chi connectivity index (χ1n) is 7.06. The minimum Gasteiger partial charge on any atom is -0.378 e. The van der Waals surface area contributed by atoms with Gasteiger partial charge >= 0.3 is 0 Å². The number of hydrogen-bond acceptors (Lipinski definition) is 3. The van der Waals surface area contributed by atoms with Crippen molar-refractivity contribution in [3.8, 4) is 0 Å². The van der Waals surface area contributed by atoms with E-state index in [0.29, 0.717) is 5.02 Å². The fourth-order valence-corrected chi connectivity index (χ4v) is 2.08. The van der Waals surface area contributed by atoms with Gasteiger partial charge in [-0.25, -0.2) is 0 Å². The number of carbonyl (C=O) groups excluding carboxylic acids is 1. The summed E-state index contributed by atoms with van der Waals surface area (Å²) in [5.41, 5.74) is 2.72. The Bertz CT molecular complexity index is 623. The molecule has 0 spiro atoms. The molecule has 5 heteroatoms. The predicted octanol–water partition coefficient (Wildman–Crippen LogP) is 3.85. The summed E-state index contributed by atoms with van der Waals surface area (Å²) < 4.78 is 0. The third-order valence-corrected chi connectivity index (χ3v) is 3.52. The van der Waals surface area contributed by atoms with Crippen LogP contribution >= 0.6 is 11.6 Å². The van der Waals surface area contributed by atoms with Gasteiger partial charge in [-0.15, -0.1) is 0 Å². The van der Waals surface area contributed by atoms with E-state index >= 15 is 0 Å². The number of rotatable bonds is 5. The summed E-state index contributed by atoms with van der Waals surface area (Å²) in [7, 11) is 3.96. The first-order valence-corrected chi connectivity index (χ1v) is 7.44. The molecule has 22 heavy (non-hydrogen) atoms. The van der Waals surface area contributed by atoms with E-state index in [4.69, 9.17) is 11.6 Å². The van der Waals surface area contributed by atoms with Crippen molar-refractivity contribution in [1.29, 1.82) is 0 Å². The van der Waals surface area contributed by atoms with E-state index in [2.05, 4.69) is 10.6 Å². The first kappa shape index (κ1) is 16.2. The molecular weight excluding hydrogens is 298 g/mol. The third kappa shape index (κ3) is 4.40. The van der Waals surface area contributed by atoms with Gasteiger partial charge in [0.15, 0.2) is 0 Å². The van der Waals surface area contributed by atoms with Crippen molar-refractivity contribution in [2.24, 2.45) is 0 Å². The third-order valence-electron chi connectivity index (χ3n) is 3.27. The molecule has 1 unspecified atom stereocenters. The van der Waals surface area contributed by atoms with Gasteiger partial charge in [-0.2, -0.15) is 0 Å². The number of nitrogens with zero attached hydrogens (tertiary/aromatic N) is 1. The quantitative estimate of drug-likeness (QED) is 0.880. The van der Waals surface area contributed by atoms with Crippen LogP contribution in [0.5, 0.6) is 0 Å². The maximum absolute atomic E-state index is 12.2. The molecule has 0 bridgehead atoms. The number of amides is 1. The van der Waals surface area contributed by atoms with Crippen LogP contribution in [0.4, 0.5) is 17.1 Å².